The maximum atomic E-state index is 11.1. The molecular weight excluding hydrogens is 230 g/mol. The van der Waals surface area contributed by atoms with E-state index in [4.69, 9.17) is 21.4 Å². The van der Waals surface area contributed by atoms with E-state index in [0.717, 1.165) is 0 Å². The van der Waals surface area contributed by atoms with Gasteiger partial charge in [-0.1, -0.05) is 11.6 Å². The highest BCUT2D eigenvalue weighted by atomic mass is 35.5. The van der Waals surface area contributed by atoms with Crippen LogP contribution in [0.5, 0.6) is 0 Å². The maximum Gasteiger partial charge on any atom is 0.337 e. The first-order chi connectivity index (χ1) is 7.68. The van der Waals surface area contributed by atoms with E-state index in [9.17, 15) is 4.79 Å². The lowest BCUT2D eigenvalue weighted by Crippen LogP contribution is -2.37. The fourth-order valence-electron chi connectivity index (χ4n) is 1.75. The van der Waals surface area contributed by atoms with Gasteiger partial charge in [0.1, 0.15) is 0 Å². The van der Waals surface area contributed by atoms with Crippen LogP contribution < -0.4 is 4.90 Å². The van der Waals surface area contributed by atoms with E-state index < -0.39 is 5.97 Å². The highest BCUT2D eigenvalue weighted by Gasteiger charge is 2.18. The number of halogens is 1. The third-order valence-corrected chi connectivity index (χ3v) is 2.78. The molecule has 0 amide bonds. The second kappa shape index (κ2) is 4.72. The summed E-state index contributed by atoms with van der Waals surface area (Å²) in [5, 5.41) is 9.63. The Balaban J connectivity index is 2.36. The largest absolute Gasteiger partial charge is 0.478 e. The third kappa shape index (κ3) is 2.28. The molecule has 1 heterocycles. The summed E-state index contributed by atoms with van der Waals surface area (Å²) >= 11 is 5.89. The Kier molecular flexibility index (Phi) is 3.31. The molecule has 0 spiro atoms. The van der Waals surface area contributed by atoms with Crippen molar-refractivity contribution in [3.63, 3.8) is 0 Å². The van der Waals surface area contributed by atoms with Gasteiger partial charge in [0.15, 0.2) is 0 Å². The topological polar surface area (TPSA) is 49.8 Å². The molecule has 5 heteroatoms. The monoisotopic (exact) mass is 241 g/mol. The van der Waals surface area contributed by atoms with Gasteiger partial charge in [0.2, 0.25) is 0 Å². The normalized spacial score (nSPS) is 16.2. The van der Waals surface area contributed by atoms with Gasteiger partial charge >= 0.3 is 5.97 Å². The minimum Gasteiger partial charge on any atom is -0.478 e. The van der Waals surface area contributed by atoms with Gasteiger partial charge < -0.3 is 14.7 Å². The Morgan fingerprint density at radius 1 is 1.38 bits per heavy atom. The van der Waals surface area contributed by atoms with E-state index in [-0.39, 0.29) is 5.56 Å². The van der Waals surface area contributed by atoms with Crippen molar-refractivity contribution in [1.82, 2.24) is 0 Å². The van der Waals surface area contributed by atoms with E-state index in [1.807, 2.05) is 4.90 Å². The molecule has 1 aliphatic rings. The maximum absolute atomic E-state index is 11.1. The average Bonchev–Trinajstić information content (AvgIpc) is 2.29. The van der Waals surface area contributed by atoms with Crippen molar-refractivity contribution in [2.45, 2.75) is 0 Å². The molecule has 0 aliphatic carbocycles. The Labute approximate surface area is 98.4 Å². The van der Waals surface area contributed by atoms with Crippen molar-refractivity contribution in [2.75, 3.05) is 31.2 Å². The predicted octanol–water partition coefficient (Wildman–Crippen LogP) is 1.87. The van der Waals surface area contributed by atoms with Crippen molar-refractivity contribution in [3.8, 4) is 0 Å². The van der Waals surface area contributed by atoms with Gasteiger partial charge in [-0.25, -0.2) is 4.79 Å². The molecular formula is C11H12ClNO3. The first-order valence-electron chi connectivity index (χ1n) is 5.04. The predicted molar refractivity (Wildman–Crippen MR) is 61.4 cm³/mol. The summed E-state index contributed by atoms with van der Waals surface area (Å²) in [6.07, 6.45) is 0. The Bertz CT molecular complexity index is 402. The number of nitrogens with zero attached hydrogens (tertiary/aromatic N) is 1. The van der Waals surface area contributed by atoms with Crippen LogP contribution in [0.1, 0.15) is 10.4 Å². The summed E-state index contributed by atoms with van der Waals surface area (Å²) in [5.41, 5.74) is 0.953. The van der Waals surface area contributed by atoms with Crippen LogP contribution in [0, 0.1) is 0 Å². The first kappa shape index (κ1) is 11.2. The fourth-order valence-corrected chi connectivity index (χ4v) is 1.92. The van der Waals surface area contributed by atoms with Crippen LogP contribution >= 0.6 is 11.6 Å². The molecule has 0 aromatic heterocycles. The van der Waals surface area contributed by atoms with Gasteiger partial charge in [0.05, 0.1) is 24.5 Å². The lowest BCUT2D eigenvalue weighted by Gasteiger charge is -2.30. The molecule has 2 rings (SSSR count). The fraction of sp³-hybridized carbons (Fsp3) is 0.364. The van der Waals surface area contributed by atoms with Crippen molar-refractivity contribution >= 4 is 23.3 Å². The summed E-state index contributed by atoms with van der Waals surface area (Å²) in [7, 11) is 0. The van der Waals surface area contributed by atoms with Crippen LogP contribution in [0.2, 0.25) is 5.02 Å². The minimum atomic E-state index is -0.932. The molecule has 86 valence electrons. The number of carboxylic acid groups (broad SMARTS) is 1. The summed E-state index contributed by atoms with van der Waals surface area (Å²) in [4.78, 5) is 13.1. The van der Waals surface area contributed by atoms with Crippen LogP contribution in [0.15, 0.2) is 18.2 Å². The van der Waals surface area contributed by atoms with Crippen molar-refractivity contribution in [2.24, 2.45) is 0 Å². The van der Waals surface area contributed by atoms with Crippen LogP contribution in [-0.2, 0) is 4.74 Å². The zero-order valence-electron chi connectivity index (χ0n) is 8.65. The zero-order valence-corrected chi connectivity index (χ0v) is 9.41. The zero-order chi connectivity index (χ0) is 11.5. The minimum absolute atomic E-state index is 0.284. The van der Waals surface area contributed by atoms with Gasteiger partial charge in [-0.2, -0.15) is 0 Å². The van der Waals surface area contributed by atoms with Crippen molar-refractivity contribution in [1.29, 1.82) is 0 Å². The smallest absolute Gasteiger partial charge is 0.337 e. The number of anilines is 1. The quantitative estimate of drug-likeness (QED) is 0.859. The number of carboxylic acids is 1. The van der Waals surface area contributed by atoms with Crippen LogP contribution in [0.3, 0.4) is 0 Å². The Hall–Kier alpha value is -1.26. The molecule has 0 bridgehead atoms. The lowest BCUT2D eigenvalue weighted by molar-refractivity contribution is 0.0696. The Morgan fingerprint density at radius 2 is 2.06 bits per heavy atom. The van der Waals surface area contributed by atoms with Crippen molar-refractivity contribution < 1.29 is 14.6 Å². The molecule has 1 fully saturated rings. The number of rotatable bonds is 2. The second-order valence-electron chi connectivity index (χ2n) is 3.57. The molecule has 16 heavy (non-hydrogen) atoms. The van der Waals surface area contributed by atoms with E-state index in [1.54, 1.807) is 12.1 Å². The van der Waals surface area contributed by atoms with Crippen LogP contribution in [-0.4, -0.2) is 37.4 Å². The number of aromatic carboxylic acids is 1. The SMILES string of the molecule is O=C(O)c1ccc(Cl)cc1N1CCOCC1. The van der Waals surface area contributed by atoms with Crippen LogP contribution in [0.25, 0.3) is 0 Å². The standard InChI is InChI=1S/C11H12ClNO3/c12-8-1-2-9(11(14)15)10(7-8)13-3-5-16-6-4-13/h1-2,7H,3-6H2,(H,14,15). The molecule has 0 radical (unpaired) electrons. The molecule has 4 nitrogen and oxygen atoms in total. The van der Waals surface area contributed by atoms with Crippen LogP contribution in [0.4, 0.5) is 5.69 Å². The number of carbonyl (C=O) groups is 1. The van der Waals surface area contributed by atoms with Gasteiger partial charge in [0.25, 0.3) is 0 Å². The summed E-state index contributed by atoms with van der Waals surface area (Å²) in [6, 6.07) is 4.82. The Morgan fingerprint density at radius 3 is 2.69 bits per heavy atom. The van der Waals surface area contributed by atoms with Gasteiger partial charge in [0, 0.05) is 18.1 Å². The highest BCUT2D eigenvalue weighted by Crippen LogP contribution is 2.25. The lowest BCUT2D eigenvalue weighted by atomic mass is 10.1. The molecule has 0 atom stereocenters. The van der Waals surface area contributed by atoms with Gasteiger partial charge in [-0.3, -0.25) is 0 Å². The van der Waals surface area contributed by atoms with E-state index >= 15 is 0 Å². The summed E-state index contributed by atoms with van der Waals surface area (Å²) in [6.45, 7) is 2.62. The number of hydrogen-bond donors (Lipinski definition) is 1. The summed E-state index contributed by atoms with van der Waals surface area (Å²) < 4.78 is 5.23. The van der Waals surface area contributed by atoms with Gasteiger partial charge in [-0.05, 0) is 18.2 Å². The third-order valence-electron chi connectivity index (χ3n) is 2.54. The highest BCUT2D eigenvalue weighted by molar-refractivity contribution is 6.31. The average molecular weight is 242 g/mol. The van der Waals surface area contributed by atoms with E-state index in [0.29, 0.717) is 37.0 Å². The molecule has 0 unspecified atom stereocenters. The van der Waals surface area contributed by atoms with E-state index in [1.165, 1.54) is 6.07 Å². The second-order valence-corrected chi connectivity index (χ2v) is 4.00. The molecule has 1 aliphatic heterocycles. The summed E-state index contributed by atoms with van der Waals surface area (Å²) in [5.74, 6) is -0.932. The van der Waals surface area contributed by atoms with Gasteiger partial charge in [-0.15, -0.1) is 0 Å². The van der Waals surface area contributed by atoms with E-state index in [2.05, 4.69) is 0 Å². The molecule has 1 saturated heterocycles. The number of hydrogen-bond acceptors (Lipinski definition) is 3. The molecule has 0 saturated carbocycles. The molecule has 1 aromatic rings. The molecule has 1 aromatic carbocycles. The number of ether oxygens (including phenoxy) is 1. The number of morpholine rings is 1. The van der Waals surface area contributed by atoms with Crippen molar-refractivity contribution in [3.05, 3.63) is 28.8 Å². The first-order valence-corrected chi connectivity index (χ1v) is 5.42. The molecule has 1 N–H and O–H groups in total. The number of benzene rings is 1.